The van der Waals surface area contributed by atoms with Crippen LogP contribution in [0, 0.1) is 0 Å². The molecular weight excluding hydrogens is 498 g/mol. The van der Waals surface area contributed by atoms with E-state index < -0.39 is 0 Å². The third kappa shape index (κ3) is 4.19. The molecule has 11 nitrogen and oxygen atoms in total. The van der Waals surface area contributed by atoms with Crippen molar-refractivity contribution in [1.82, 2.24) is 28.7 Å². The minimum atomic E-state index is -0.0843. The van der Waals surface area contributed by atoms with Crippen LogP contribution in [-0.2, 0) is 11.8 Å². The van der Waals surface area contributed by atoms with E-state index >= 15 is 0 Å². The average molecular weight is 528 g/mol. The fourth-order valence-electron chi connectivity index (χ4n) is 5.30. The van der Waals surface area contributed by atoms with Crippen LogP contribution in [0.4, 0.5) is 11.6 Å². The highest BCUT2D eigenvalue weighted by Crippen LogP contribution is 2.41. The first-order valence-corrected chi connectivity index (χ1v) is 13.2. The van der Waals surface area contributed by atoms with Gasteiger partial charge in [0.05, 0.1) is 32.2 Å². The van der Waals surface area contributed by atoms with Crippen molar-refractivity contribution in [1.29, 1.82) is 0 Å². The topological polar surface area (TPSA) is 110 Å². The molecule has 1 saturated carbocycles. The molecule has 11 heteroatoms. The van der Waals surface area contributed by atoms with E-state index in [1.54, 1.807) is 24.0 Å². The zero-order valence-corrected chi connectivity index (χ0v) is 21.8. The summed E-state index contributed by atoms with van der Waals surface area (Å²) in [6, 6.07) is 7.75. The van der Waals surface area contributed by atoms with Gasteiger partial charge in [-0.25, -0.2) is 9.50 Å². The van der Waals surface area contributed by atoms with E-state index in [0.717, 1.165) is 37.8 Å². The van der Waals surface area contributed by atoms with E-state index in [1.807, 2.05) is 52.8 Å². The average Bonchev–Trinajstić information content (AvgIpc) is 3.67. The van der Waals surface area contributed by atoms with Crippen LogP contribution >= 0.6 is 0 Å². The van der Waals surface area contributed by atoms with Gasteiger partial charge in [0, 0.05) is 26.0 Å². The van der Waals surface area contributed by atoms with E-state index in [-0.39, 0.29) is 11.6 Å². The van der Waals surface area contributed by atoms with Gasteiger partial charge in [-0.1, -0.05) is 6.07 Å². The summed E-state index contributed by atoms with van der Waals surface area (Å²) in [5, 5.41) is 7.64. The molecule has 2 fully saturated rings. The summed E-state index contributed by atoms with van der Waals surface area (Å²) in [4.78, 5) is 22.8. The Morgan fingerprint density at radius 2 is 2.05 bits per heavy atom. The van der Waals surface area contributed by atoms with Gasteiger partial charge < -0.3 is 28.7 Å². The van der Waals surface area contributed by atoms with Crippen molar-refractivity contribution >= 4 is 28.3 Å². The molecule has 39 heavy (non-hydrogen) atoms. The summed E-state index contributed by atoms with van der Waals surface area (Å²) in [7, 11) is 3.45. The van der Waals surface area contributed by atoms with Gasteiger partial charge in [-0.3, -0.25) is 4.79 Å². The third-order valence-electron chi connectivity index (χ3n) is 7.52. The van der Waals surface area contributed by atoms with Crippen LogP contribution in [0.25, 0.3) is 16.7 Å². The van der Waals surface area contributed by atoms with Crippen molar-refractivity contribution in [2.45, 2.75) is 37.6 Å². The molecule has 1 saturated heterocycles. The number of ether oxygens (including phenoxy) is 3. The number of hydrogen-bond donors (Lipinski definition) is 1. The minimum absolute atomic E-state index is 0.0346. The fourth-order valence-corrected chi connectivity index (χ4v) is 5.30. The van der Waals surface area contributed by atoms with Crippen LogP contribution < -0.4 is 20.3 Å². The van der Waals surface area contributed by atoms with Gasteiger partial charge in [-0.15, -0.1) is 0 Å². The molecule has 2 aliphatic rings. The lowest BCUT2D eigenvalue weighted by Crippen LogP contribution is -2.31. The van der Waals surface area contributed by atoms with Gasteiger partial charge in [0.25, 0.3) is 5.56 Å². The number of hydrogen-bond acceptors (Lipinski definition) is 8. The van der Waals surface area contributed by atoms with Crippen LogP contribution in [0.1, 0.15) is 43.2 Å². The third-order valence-corrected chi connectivity index (χ3v) is 7.52. The van der Waals surface area contributed by atoms with Gasteiger partial charge in [0.15, 0.2) is 22.9 Å². The highest BCUT2D eigenvalue weighted by atomic mass is 16.5. The zero-order valence-electron chi connectivity index (χ0n) is 21.8. The predicted octanol–water partition coefficient (Wildman–Crippen LogP) is 4.55. The Morgan fingerprint density at radius 3 is 2.85 bits per heavy atom. The van der Waals surface area contributed by atoms with E-state index in [2.05, 4.69) is 15.4 Å². The van der Waals surface area contributed by atoms with Gasteiger partial charge in [0.1, 0.15) is 16.7 Å². The molecule has 0 bridgehead atoms. The second-order valence-corrected chi connectivity index (χ2v) is 10.1. The molecule has 6 heterocycles. The van der Waals surface area contributed by atoms with E-state index in [9.17, 15) is 4.79 Å². The molecule has 0 radical (unpaired) electrons. The maximum atomic E-state index is 13.6. The standard InChI is InChI=1S/C28H29N7O4/c1-33-24-25(37-2)23(39-22-14-30-35-10-4-3-7-21(22)35)13-29-26(24)32-28(33)31-20-12-18(17-8-9-17)15-34(27(20)36)19-6-5-11-38-16-19/h3-4,7,10,12-15,17,19H,5-6,8-9,11,16H2,1-2H3,(H,29,31,32). The smallest absolute Gasteiger partial charge is 0.274 e. The van der Waals surface area contributed by atoms with Crippen LogP contribution in [0.3, 0.4) is 0 Å². The molecule has 5 aromatic heterocycles. The first-order chi connectivity index (χ1) is 19.1. The maximum absolute atomic E-state index is 13.6. The van der Waals surface area contributed by atoms with E-state index in [4.69, 9.17) is 19.2 Å². The molecule has 1 aliphatic heterocycles. The monoisotopic (exact) mass is 527 g/mol. The normalized spacial score (nSPS) is 17.5. The van der Waals surface area contributed by atoms with E-state index in [0.29, 0.717) is 52.6 Å². The summed E-state index contributed by atoms with van der Waals surface area (Å²) in [5.41, 5.74) is 3.52. The zero-order chi connectivity index (χ0) is 26.5. The molecule has 0 aromatic carbocycles. The molecule has 0 spiro atoms. The van der Waals surface area contributed by atoms with Crippen molar-refractivity contribution in [2.75, 3.05) is 25.6 Å². The molecule has 0 amide bonds. The number of imidazole rings is 1. The van der Waals surface area contributed by atoms with Gasteiger partial charge >= 0.3 is 0 Å². The predicted molar refractivity (Wildman–Crippen MR) is 145 cm³/mol. The second kappa shape index (κ2) is 9.42. The molecule has 1 atom stereocenters. The van der Waals surface area contributed by atoms with Crippen molar-refractivity contribution in [2.24, 2.45) is 7.05 Å². The van der Waals surface area contributed by atoms with Gasteiger partial charge in [-0.2, -0.15) is 10.1 Å². The molecule has 7 rings (SSSR count). The Morgan fingerprint density at radius 1 is 1.15 bits per heavy atom. The van der Waals surface area contributed by atoms with Crippen LogP contribution in [-0.4, -0.2) is 49.0 Å². The molecule has 1 unspecified atom stereocenters. The van der Waals surface area contributed by atoms with Crippen molar-refractivity contribution < 1.29 is 14.2 Å². The fraction of sp³-hybridized carbons (Fsp3) is 0.357. The molecule has 1 N–H and O–H groups in total. The lowest BCUT2D eigenvalue weighted by molar-refractivity contribution is 0.0580. The number of aromatic nitrogens is 6. The number of anilines is 2. The quantitative estimate of drug-likeness (QED) is 0.328. The summed E-state index contributed by atoms with van der Waals surface area (Å²) in [6.07, 6.45) is 11.3. The van der Waals surface area contributed by atoms with E-state index in [1.165, 1.54) is 5.56 Å². The Hall–Kier alpha value is -4.38. The number of nitrogens with one attached hydrogen (secondary N) is 1. The highest BCUT2D eigenvalue weighted by molar-refractivity contribution is 5.85. The highest BCUT2D eigenvalue weighted by Gasteiger charge is 2.28. The Kier molecular flexibility index (Phi) is 5.73. The minimum Gasteiger partial charge on any atom is -0.491 e. The van der Waals surface area contributed by atoms with Crippen molar-refractivity contribution in [3.63, 3.8) is 0 Å². The largest absolute Gasteiger partial charge is 0.491 e. The SMILES string of the molecule is COc1c(Oc2cnn3ccccc23)cnc2nc(Nc3cc(C4CC4)cn(C4CCCOC4)c3=O)n(C)c12. The molecular formula is C28H29N7O4. The lowest BCUT2D eigenvalue weighted by atomic mass is 10.1. The maximum Gasteiger partial charge on any atom is 0.274 e. The Bertz CT molecular complexity index is 1740. The number of aryl methyl sites for hydroxylation is 1. The summed E-state index contributed by atoms with van der Waals surface area (Å²) in [6.45, 7) is 1.30. The van der Waals surface area contributed by atoms with Crippen molar-refractivity contribution in [3.8, 4) is 17.2 Å². The van der Waals surface area contributed by atoms with Gasteiger partial charge in [0.2, 0.25) is 5.95 Å². The van der Waals surface area contributed by atoms with Gasteiger partial charge in [-0.05, 0) is 55.4 Å². The number of fused-ring (bicyclic) bond motifs is 2. The summed E-state index contributed by atoms with van der Waals surface area (Å²) in [5.74, 6) is 2.49. The molecule has 1 aliphatic carbocycles. The Balaban J connectivity index is 1.27. The Labute approximate surface area is 224 Å². The summed E-state index contributed by atoms with van der Waals surface area (Å²) >= 11 is 0. The molecule has 5 aromatic rings. The first-order valence-electron chi connectivity index (χ1n) is 13.2. The van der Waals surface area contributed by atoms with Crippen LogP contribution in [0.2, 0.25) is 0 Å². The van der Waals surface area contributed by atoms with Crippen LogP contribution in [0.5, 0.6) is 17.2 Å². The number of methoxy groups -OCH3 is 1. The lowest BCUT2D eigenvalue weighted by Gasteiger charge is -2.25. The number of pyridine rings is 3. The number of nitrogens with zero attached hydrogens (tertiary/aromatic N) is 6. The summed E-state index contributed by atoms with van der Waals surface area (Å²) < 4.78 is 23.1. The second-order valence-electron chi connectivity index (χ2n) is 10.1. The number of rotatable bonds is 7. The molecule has 200 valence electrons. The van der Waals surface area contributed by atoms with Crippen LogP contribution in [0.15, 0.2) is 53.8 Å². The first kappa shape index (κ1) is 23.7. The van der Waals surface area contributed by atoms with Crippen molar-refractivity contribution in [3.05, 3.63) is 65.0 Å².